The van der Waals surface area contributed by atoms with E-state index in [0.717, 1.165) is 16.9 Å². The molecule has 0 unspecified atom stereocenters. The van der Waals surface area contributed by atoms with Gasteiger partial charge in [-0.2, -0.15) is 0 Å². The number of amides is 1. The predicted octanol–water partition coefficient (Wildman–Crippen LogP) is 3.39. The van der Waals surface area contributed by atoms with E-state index in [2.05, 4.69) is 12.2 Å². The molecule has 0 heterocycles. The minimum absolute atomic E-state index is 0.114. The Hall–Kier alpha value is -2.29. The number of aryl methyl sites for hydroxylation is 2. The van der Waals surface area contributed by atoms with Gasteiger partial charge in [0.2, 0.25) is 0 Å². The molecule has 0 spiro atoms. The third kappa shape index (κ3) is 4.35. The summed E-state index contributed by atoms with van der Waals surface area (Å²) in [6, 6.07) is 15.7. The zero-order valence-corrected chi connectivity index (χ0v) is 12.7. The van der Waals surface area contributed by atoms with Crippen LogP contribution >= 0.6 is 0 Å². The highest BCUT2D eigenvalue weighted by atomic mass is 16.5. The van der Waals surface area contributed by atoms with Crippen LogP contribution in [0.5, 0.6) is 5.75 Å². The molecule has 2 rings (SSSR count). The molecule has 0 radical (unpaired) electrons. The van der Waals surface area contributed by atoms with Crippen LogP contribution in [0.25, 0.3) is 0 Å². The zero-order chi connectivity index (χ0) is 15.2. The van der Waals surface area contributed by atoms with Crippen LogP contribution in [0.15, 0.2) is 48.5 Å². The molecule has 1 N–H and O–H groups in total. The van der Waals surface area contributed by atoms with E-state index in [9.17, 15) is 4.79 Å². The van der Waals surface area contributed by atoms with Crippen LogP contribution in [-0.2, 0) is 11.3 Å². The Labute approximate surface area is 126 Å². The smallest absolute Gasteiger partial charge is 0.261 e. The first-order valence-electron chi connectivity index (χ1n) is 7.12. The monoisotopic (exact) mass is 283 g/mol. The molecule has 0 saturated heterocycles. The first-order valence-corrected chi connectivity index (χ1v) is 7.12. The van der Waals surface area contributed by atoms with E-state index in [0.29, 0.717) is 6.54 Å². The summed E-state index contributed by atoms with van der Waals surface area (Å²) in [6.45, 7) is 6.35. The van der Waals surface area contributed by atoms with Gasteiger partial charge in [0.25, 0.3) is 5.91 Å². The van der Waals surface area contributed by atoms with Gasteiger partial charge in [-0.3, -0.25) is 4.79 Å². The van der Waals surface area contributed by atoms with Gasteiger partial charge < -0.3 is 10.1 Å². The molecule has 2 aromatic rings. The molecular formula is C18H21NO2. The van der Waals surface area contributed by atoms with Gasteiger partial charge in [0.1, 0.15) is 5.75 Å². The highest BCUT2D eigenvalue weighted by Gasteiger charge is 2.14. The average molecular weight is 283 g/mol. The van der Waals surface area contributed by atoms with Gasteiger partial charge >= 0.3 is 0 Å². The van der Waals surface area contributed by atoms with Crippen molar-refractivity contribution in [2.24, 2.45) is 0 Å². The maximum Gasteiger partial charge on any atom is 0.261 e. The Bertz CT molecular complexity index is 608. The van der Waals surface area contributed by atoms with Crippen molar-refractivity contribution in [1.82, 2.24) is 5.32 Å². The summed E-state index contributed by atoms with van der Waals surface area (Å²) < 4.78 is 5.69. The van der Waals surface area contributed by atoms with E-state index >= 15 is 0 Å². The van der Waals surface area contributed by atoms with E-state index in [-0.39, 0.29) is 5.91 Å². The number of hydrogen-bond acceptors (Lipinski definition) is 2. The Kier molecular flexibility index (Phi) is 4.99. The van der Waals surface area contributed by atoms with Gasteiger partial charge in [-0.05, 0) is 49.6 Å². The molecule has 0 aliphatic carbocycles. The first kappa shape index (κ1) is 15.1. The lowest BCUT2D eigenvalue weighted by atomic mass is 10.1. The molecular weight excluding hydrogens is 262 g/mol. The molecule has 2 aromatic carbocycles. The van der Waals surface area contributed by atoms with E-state index in [4.69, 9.17) is 4.74 Å². The van der Waals surface area contributed by atoms with Crippen molar-refractivity contribution in [3.63, 3.8) is 0 Å². The molecule has 110 valence electrons. The van der Waals surface area contributed by atoms with Gasteiger partial charge in [0.05, 0.1) is 0 Å². The number of rotatable bonds is 5. The largest absolute Gasteiger partial charge is 0.481 e. The average Bonchev–Trinajstić information content (AvgIpc) is 2.49. The summed E-state index contributed by atoms with van der Waals surface area (Å²) in [5, 5.41) is 2.88. The number of carbonyl (C=O) groups excluding carboxylic acids is 1. The summed E-state index contributed by atoms with van der Waals surface area (Å²) in [7, 11) is 0. The van der Waals surface area contributed by atoms with E-state index in [1.54, 1.807) is 6.92 Å². The lowest BCUT2D eigenvalue weighted by Gasteiger charge is -2.15. The van der Waals surface area contributed by atoms with Crippen LogP contribution in [0, 0.1) is 13.8 Å². The fourth-order valence-corrected chi connectivity index (χ4v) is 1.97. The van der Waals surface area contributed by atoms with Crippen molar-refractivity contribution in [2.75, 3.05) is 0 Å². The summed E-state index contributed by atoms with van der Waals surface area (Å²) in [5.74, 6) is 0.609. The van der Waals surface area contributed by atoms with E-state index < -0.39 is 6.10 Å². The third-order valence-electron chi connectivity index (χ3n) is 3.47. The van der Waals surface area contributed by atoms with Gasteiger partial charge in [0.15, 0.2) is 6.10 Å². The summed E-state index contributed by atoms with van der Waals surface area (Å²) in [6.07, 6.45) is -0.518. The lowest BCUT2D eigenvalue weighted by molar-refractivity contribution is -0.127. The zero-order valence-electron chi connectivity index (χ0n) is 12.7. The molecule has 0 aliphatic heterocycles. The third-order valence-corrected chi connectivity index (χ3v) is 3.47. The maximum absolute atomic E-state index is 12.0. The predicted molar refractivity (Wildman–Crippen MR) is 84.3 cm³/mol. The van der Waals surface area contributed by atoms with Crippen LogP contribution < -0.4 is 10.1 Å². The highest BCUT2D eigenvalue weighted by Crippen LogP contribution is 2.17. The van der Waals surface area contributed by atoms with Crippen molar-refractivity contribution in [3.8, 4) is 5.75 Å². The Morgan fingerprint density at radius 3 is 2.48 bits per heavy atom. The fourth-order valence-electron chi connectivity index (χ4n) is 1.97. The molecule has 0 aliphatic rings. The molecule has 3 nitrogen and oxygen atoms in total. The molecule has 21 heavy (non-hydrogen) atoms. The van der Waals surface area contributed by atoms with Gasteiger partial charge in [-0.1, -0.05) is 36.4 Å². The number of nitrogens with one attached hydrogen (secondary N) is 1. The van der Waals surface area contributed by atoms with Gasteiger partial charge in [0, 0.05) is 6.54 Å². The van der Waals surface area contributed by atoms with E-state index in [1.165, 1.54) is 5.56 Å². The van der Waals surface area contributed by atoms with Crippen molar-refractivity contribution < 1.29 is 9.53 Å². The molecule has 0 bridgehead atoms. The van der Waals surface area contributed by atoms with E-state index in [1.807, 2.05) is 55.5 Å². The molecule has 3 heteroatoms. The fraction of sp³-hybridized carbons (Fsp3) is 0.278. The van der Waals surface area contributed by atoms with Crippen molar-refractivity contribution in [3.05, 3.63) is 65.2 Å². The SMILES string of the molecule is Cc1ccc(O[C@H](C)C(=O)NCc2ccccc2)cc1C. The van der Waals surface area contributed by atoms with Crippen LogP contribution in [0.4, 0.5) is 0 Å². The second kappa shape index (κ2) is 6.93. The first-order chi connectivity index (χ1) is 10.1. The van der Waals surface area contributed by atoms with Crippen molar-refractivity contribution in [2.45, 2.75) is 33.4 Å². The lowest BCUT2D eigenvalue weighted by Crippen LogP contribution is -2.35. The van der Waals surface area contributed by atoms with Crippen LogP contribution in [0.2, 0.25) is 0 Å². The Balaban J connectivity index is 1.88. The van der Waals surface area contributed by atoms with Crippen LogP contribution in [-0.4, -0.2) is 12.0 Å². The standard InChI is InChI=1S/C18H21NO2/c1-13-9-10-17(11-14(13)2)21-15(3)18(20)19-12-16-7-5-4-6-8-16/h4-11,15H,12H2,1-3H3,(H,19,20)/t15-/m1/s1. The molecule has 0 aromatic heterocycles. The molecule has 1 amide bonds. The number of hydrogen-bond donors (Lipinski definition) is 1. The Morgan fingerprint density at radius 1 is 1.10 bits per heavy atom. The summed E-state index contributed by atoms with van der Waals surface area (Å²) in [4.78, 5) is 12.0. The normalized spacial score (nSPS) is 11.8. The van der Waals surface area contributed by atoms with Gasteiger partial charge in [-0.25, -0.2) is 0 Å². The van der Waals surface area contributed by atoms with Gasteiger partial charge in [-0.15, -0.1) is 0 Å². The summed E-state index contributed by atoms with van der Waals surface area (Å²) in [5.41, 5.74) is 3.44. The minimum atomic E-state index is -0.518. The van der Waals surface area contributed by atoms with Crippen LogP contribution in [0.3, 0.4) is 0 Å². The van der Waals surface area contributed by atoms with Crippen LogP contribution in [0.1, 0.15) is 23.6 Å². The Morgan fingerprint density at radius 2 is 1.81 bits per heavy atom. The minimum Gasteiger partial charge on any atom is -0.481 e. The maximum atomic E-state index is 12.0. The number of ether oxygens (including phenoxy) is 1. The number of carbonyl (C=O) groups is 1. The van der Waals surface area contributed by atoms with Crippen molar-refractivity contribution in [1.29, 1.82) is 0 Å². The molecule has 0 fully saturated rings. The summed E-state index contributed by atoms with van der Waals surface area (Å²) >= 11 is 0. The molecule has 1 atom stereocenters. The second-order valence-electron chi connectivity index (χ2n) is 5.21. The van der Waals surface area contributed by atoms with Crippen molar-refractivity contribution >= 4 is 5.91 Å². The molecule has 0 saturated carbocycles. The highest BCUT2D eigenvalue weighted by molar-refractivity contribution is 5.80. The second-order valence-corrected chi connectivity index (χ2v) is 5.21. The number of benzene rings is 2. The topological polar surface area (TPSA) is 38.3 Å². The quantitative estimate of drug-likeness (QED) is 0.913.